The fraction of sp³-hybridized carbons (Fsp3) is 0.316. The maximum atomic E-state index is 12.9. The lowest BCUT2D eigenvalue weighted by molar-refractivity contribution is -0.121. The van der Waals surface area contributed by atoms with E-state index < -0.39 is 10.0 Å². The van der Waals surface area contributed by atoms with Crippen LogP contribution in [0.4, 0.5) is 4.39 Å². The largest absolute Gasteiger partial charge is 0.350 e. The molecule has 1 unspecified atom stereocenters. The molecule has 0 spiro atoms. The number of sulfonamides is 1. The Labute approximate surface area is 153 Å². The van der Waals surface area contributed by atoms with Crippen LogP contribution in [-0.4, -0.2) is 32.2 Å². The van der Waals surface area contributed by atoms with Crippen molar-refractivity contribution < 1.29 is 17.6 Å². The van der Waals surface area contributed by atoms with Crippen LogP contribution in [0.5, 0.6) is 0 Å². The van der Waals surface area contributed by atoms with Crippen molar-refractivity contribution in [2.75, 3.05) is 13.6 Å². The van der Waals surface area contributed by atoms with Crippen LogP contribution in [-0.2, 0) is 14.8 Å². The Hall–Kier alpha value is -2.25. The maximum Gasteiger partial charge on any atom is 0.242 e. The monoisotopic (exact) mass is 378 g/mol. The van der Waals surface area contributed by atoms with Gasteiger partial charge in [0.15, 0.2) is 0 Å². The van der Waals surface area contributed by atoms with Crippen molar-refractivity contribution >= 4 is 15.9 Å². The molecule has 0 aromatic heterocycles. The minimum Gasteiger partial charge on any atom is -0.350 e. The number of nitrogens with zero attached hydrogens (tertiary/aromatic N) is 1. The number of hydrogen-bond donors (Lipinski definition) is 1. The third kappa shape index (κ3) is 5.37. The number of nitrogens with one attached hydrogen (secondary N) is 1. The zero-order valence-corrected chi connectivity index (χ0v) is 15.7. The molecule has 0 aliphatic rings. The molecule has 0 bridgehead atoms. The minimum absolute atomic E-state index is 0.174. The topological polar surface area (TPSA) is 66.5 Å². The molecule has 1 amide bonds. The van der Waals surface area contributed by atoms with Gasteiger partial charge in [-0.1, -0.05) is 30.3 Å². The van der Waals surface area contributed by atoms with Gasteiger partial charge in [-0.15, -0.1) is 0 Å². The molecule has 0 heterocycles. The van der Waals surface area contributed by atoms with Crippen molar-refractivity contribution in [3.8, 4) is 0 Å². The fourth-order valence-electron chi connectivity index (χ4n) is 2.50. The van der Waals surface area contributed by atoms with Gasteiger partial charge in [0.1, 0.15) is 5.82 Å². The molecule has 2 aromatic carbocycles. The van der Waals surface area contributed by atoms with E-state index in [-0.39, 0.29) is 35.6 Å². The molecule has 2 rings (SSSR count). The first-order valence-corrected chi connectivity index (χ1v) is 9.81. The third-order valence-electron chi connectivity index (χ3n) is 4.08. The number of rotatable bonds is 8. The Morgan fingerprint density at radius 3 is 2.35 bits per heavy atom. The number of amides is 1. The Bertz CT molecular complexity index is 824. The molecule has 0 aliphatic carbocycles. The average Bonchev–Trinajstić information content (AvgIpc) is 2.62. The smallest absolute Gasteiger partial charge is 0.242 e. The molecule has 7 heteroatoms. The van der Waals surface area contributed by atoms with Crippen LogP contribution in [0.3, 0.4) is 0 Å². The van der Waals surface area contributed by atoms with Gasteiger partial charge in [0, 0.05) is 20.0 Å². The SMILES string of the molecule is CC(NC(=O)CCCN(C)S(=O)(=O)c1ccccc1)c1ccc(F)cc1. The van der Waals surface area contributed by atoms with Gasteiger partial charge in [0.05, 0.1) is 10.9 Å². The minimum atomic E-state index is -3.54. The predicted octanol–water partition coefficient (Wildman–Crippen LogP) is 3.10. The van der Waals surface area contributed by atoms with E-state index in [0.717, 1.165) is 5.56 Å². The summed E-state index contributed by atoms with van der Waals surface area (Å²) in [7, 11) is -2.04. The lowest BCUT2D eigenvalue weighted by atomic mass is 10.1. The predicted molar refractivity (Wildman–Crippen MR) is 98.4 cm³/mol. The second kappa shape index (κ2) is 8.91. The number of hydrogen-bond acceptors (Lipinski definition) is 3. The Balaban J connectivity index is 1.81. The zero-order valence-electron chi connectivity index (χ0n) is 14.9. The van der Waals surface area contributed by atoms with Gasteiger partial charge < -0.3 is 5.32 Å². The van der Waals surface area contributed by atoms with E-state index in [0.29, 0.717) is 6.42 Å². The molecule has 140 valence electrons. The van der Waals surface area contributed by atoms with Crippen LogP contribution in [0.15, 0.2) is 59.5 Å². The fourth-order valence-corrected chi connectivity index (χ4v) is 3.73. The highest BCUT2D eigenvalue weighted by Crippen LogP contribution is 2.15. The molecule has 0 aliphatic heterocycles. The van der Waals surface area contributed by atoms with E-state index in [1.807, 2.05) is 6.92 Å². The summed E-state index contributed by atoms with van der Waals surface area (Å²) in [5, 5.41) is 2.83. The van der Waals surface area contributed by atoms with Gasteiger partial charge >= 0.3 is 0 Å². The van der Waals surface area contributed by atoms with Crippen molar-refractivity contribution in [2.45, 2.75) is 30.7 Å². The molecule has 0 saturated heterocycles. The zero-order chi connectivity index (χ0) is 19.2. The highest BCUT2D eigenvalue weighted by Gasteiger charge is 2.20. The summed E-state index contributed by atoms with van der Waals surface area (Å²) in [6.45, 7) is 2.06. The normalized spacial score (nSPS) is 12.8. The summed E-state index contributed by atoms with van der Waals surface area (Å²) < 4.78 is 39.0. The van der Waals surface area contributed by atoms with E-state index in [9.17, 15) is 17.6 Å². The maximum absolute atomic E-state index is 12.9. The van der Waals surface area contributed by atoms with Crippen molar-refractivity contribution in [1.82, 2.24) is 9.62 Å². The van der Waals surface area contributed by atoms with Crippen molar-refractivity contribution in [2.24, 2.45) is 0 Å². The molecular weight excluding hydrogens is 355 g/mol. The Morgan fingerprint density at radius 2 is 1.73 bits per heavy atom. The molecule has 1 N–H and O–H groups in total. The quantitative estimate of drug-likeness (QED) is 0.768. The van der Waals surface area contributed by atoms with E-state index in [1.165, 1.54) is 23.5 Å². The molecule has 0 saturated carbocycles. The van der Waals surface area contributed by atoms with Gasteiger partial charge in [-0.05, 0) is 43.2 Å². The van der Waals surface area contributed by atoms with Crippen LogP contribution in [0.2, 0.25) is 0 Å². The lowest BCUT2D eigenvalue weighted by Crippen LogP contribution is -2.30. The highest BCUT2D eigenvalue weighted by atomic mass is 32.2. The average molecular weight is 378 g/mol. The summed E-state index contributed by atoms with van der Waals surface area (Å²) in [4.78, 5) is 12.3. The van der Waals surface area contributed by atoms with Gasteiger partial charge in [-0.3, -0.25) is 4.79 Å². The van der Waals surface area contributed by atoms with E-state index in [4.69, 9.17) is 0 Å². The molecule has 2 aromatic rings. The first kappa shape index (κ1) is 20.1. The summed E-state index contributed by atoms with van der Waals surface area (Å²) in [5.74, 6) is -0.498. The number of benzene rings is 2. The van der Waals surface area contributed by atoms with Crippen molar-refractivity contribution in [1.29, 1.82) is 0 Å². The second-order valence-electron chi connectivity index (χ2n) is 6.08. The Kier molecular flexibility index (Phi) is 6.88. The van der Waals surface area contributed by atoms with Gasteiger partial charge in [0.25, 0.3) is 0 Å². The standard InChI is InChI=1S/C19H23FN2O3S/c1-15(16-10-12-17(20)13-11-16)21-19(23)9-6-14-22(2)26(24,25)18-7-4-3-5-8-18/h3-5,7-8,10-13,15H,6,9,14H2,1-2H3,(H,21,23). The summed E-state index contributed by atoms with van der Waals surface area (Å²) >= 11 is 0. The van der Waals surface area contributed by atoms with Gasteiger partial charge in [0.2, 0.25) is 15.9 Å². The molecule has 1 atom stereocenters. The van der Waals surface area contributed by atoms with Crippen LogP contribution >= 0.6 is 0 Å². The molecule has 5 nitrogen and oxygen atoms in total. The Morgan fingerprint density at radius 1 is 1.12 bits per heavy atom. The first-order chi connectivity index (χ1) is 12.3. The second-order valence-corrected chi connectivity index (χ2v) is 8.13. The molecule has 26 heavy (non-hydrogen) atoms. The van der Waals surface area contributed by atoms with Crippen molar-refractivity contribution in [3.63, 3.8) is 0 Å². The lowest BCUT2D eigenvalue weighted by Gasteiger charge is -2.18. The summed E-state index contributed by atoms with van der Waals surface area (Å²) in [6, 6.07) is 13.9. The van der Waals surface area contributed by atoms with Gasteiger partial charge in [-0.25, -0.2) is 17.1 Å². The molecule has 0 fully saturated rings. The van der Waals surface area contributed by atoms with Crippen LogP contribution in [0, 0.1) is 5.82 Å². The summed E-state index contributed by atoms with van der Waals surface area (Å²) in [6.07, 6.45) is 0.616. The van der Waals surface area contributed by atoms with Crippen LogP contribution in [0.1, 0.15) is 31.4 Å². The van der Waals surface area contributed by atoms with Crippen LogP contribution in [0.25, 0.3) is 0 Å². The van der Waals surface area contributed by atoms with Gasteiger partial charge in [-0.2, -0.15) is 0 Å². The third-order valence-corrected chi connectivity index (χ3v) is 5.95. The first-order valence-electron chi connectivity index (χ1n) is 8.37. The summed E-state index contributed by atoms with van der Waals surface area (Å²) in [5.41, 5.74) is 0.809. The van der Waals surface area contributed by atoms with E-state index in [1.54, 1.807) is 42.5 Å². The van der Waals surface area contributed by atoms with E-state index >= 15 is 0 Å². The van der Waals surface area contributed by atoms with E-state index in [2.05, 4.69) is 5.32 Å². The number of carbonyl (C=O) groups is 1. The van der Waals surface area contributed by atoms with Crippen LogP contribution < -0.4 is 5.32 Å². The number of halogens is 1. The van der Waals surface area contributed by atoms with Crippen molar-refractivity contribution in [3.05, 3.63) is 66.0 Å². The molecule has 0 radical (unpaired) electrons. The highest BCUT2D eigenvalue weighted by molar-refractivity contribution is 7.89. The number of carbonyl (C=O) groups excluding carboxylic acids is 1. The molecular formula is C19H23FN2O3S.